The number of hydrogen-bond acceptors (Lipinski definition) is 2. The van der Waals surface area contributed by atoms with Crippen LogP contribution in [0.3, 0.4) is 0 Å². The molecule has 14 heavy (non-hydrogen) atoms. The first kappa shape index (κ1) is 8.00. The maximum atomic E-state index is 6.13. The number of rotatable bonds is 1. The van der Waals surface area contributed by atoms with E-state index in [1.54, 1.807) is 0 Å². The fourth-order valence-corrected chi connectivity index (χ4v) is 1.87. The number of aryl methyl sites for hydroxylation is 1. The molecule has 1 aromatic carbocycles. The average molecular weight is 187 g/mol. The van der Waals surface area contributed by atoms with E-state index in [0.717, 1.165) is 18.4 Å². The van der Waals surface area contributed by atoms with E-state index in [1.807, 2.05) is 17.9 Å². The highest BCUT2D eigenvalue weighted by molar-refractivity contribution is 5.79. The predicted molar refractivity (Wildman–Crippen MR) is 55.8 cm³/mol. The van der Waals surface area contributed by atoms with Gasteiger partial charge in [-0.1, -0.05) is 12.1 Å². The van der Waals surface area contributed by atoms with E-state index < -0.39 is 0 Å². The van der Waals surface area contributed by atoms with Crippen molar-refractivity contribution < 1.29 is 0 Å². The van der Waals surface area contributed by atoms with Gasteiger partial charge in [-0.25, -0.2) is 0 Å². The minimum Gasteiger partial charge on any atom is -0.321 e. The molecule has 72 valence electrons. The average Bonchev–Trinajstić information content (AvgIpc) is 2.79. The van der Waals surface area contributed by atoms with Crippen molar-refractivity contribution >= 4 is 10.9 Å². The molecule has 3 rings (SSSR count). The van der Waals surface area contributed by atoms with Gasteiger partial charge >= 0.3 is 0 Å². The van der Waals surface area contributed by atoms with E-state index >= 15 is 0 Å². The van der Waals surface area contributed by atoms with Gasteiger partial charge in [0.05, 0.1) is 5.52 Å². The number of aromatic nitrogens is 2. The van der Waals surface area contributed by atoms with E-state index in [9.17, 15) is 0 Å². The lowest BCUT2D eigenvalue weighted by Crippen LogP contribution is -2.18. The van der Waals surface area contributed by atoms with Crippen LogP contribution in [0.4, 0.5) is 0 Å². The van der Waals surface area contributed by atoms with Crippen LogP contribution in [0.25, 0.3) is 10.9 Å². The van der Waals surface area contributed by atoms with Crippen LogP contribution < -0.4 is 5.73 Å². The third-order valence-electron chi connectivity index (χ3n) is 2.99. The number of hydrogen-bond donors (Lipinski definition) is 1. The molecule has 1 fully saturated rings. The molecule has 0 spiro atoms. The summed E-state index contributed by atoms with van der Waals surface area (Å²) in [5.74, 6) is 0. The van der Waals surface area contributed by atoms with Crippen LogP contribution in [0.15, 0.2) is 24.4 Å². The number of nitrogens with zero attached hydrogens (tertiary/aromatic N) is 2. The van der Waals surface area contributed by atoms with E-state index in [-0.39, 0.29) is 5.54 Å². The molecule has 0 atom stereocenters. The topological polar surface area (TPSA) is 43.8 Å². The van der Waals surface area contributed by atoms with Crippen molar-refractivity contribution in [2.24, 2.45) is 12.8 Å². The second-order valence-electron chi connectivity index (χ2n) is 4.23. The van der Waals surface area contributed by atoms with E-state index in [1.165, 1.54) is 10.9 Å². The van der Waals surface area contributed by atoms with Crippen LogP contribution >= 0.6 is 0 Å². The Morgan fingerprint density at radius 3 is 2.93 bits per heavy atom. The van der Waals surface area contributed by atoms with Gasteiger partial charge < -0.3 is 5.73 Å². The first-order valence-electron chi connectivity index (χ1n) is 4.90. The first-order valence-corrected chi connectivity index (χ1v) is 4.90. The highest BCUT2D eigenvalue weighted by Gasteiger charge is 2.39. The van der Waals surface area contributed by atoms with Crippen molar-refractivity contribution in [1.29, 1.82) is 0 Å². The molecule has 1 aromatic heterocycles. The lowest BCUT2D eigenvalue weighted by atomic mass is 10.0. The molecular weight excluding hydrogens is 174 g/mol. The van der Waals surface area contributed by atoms with Crippen LogP contribution in [0.1, 0.15) is 18.4 Å². The summed E-state index contributed by atoms with van der Waals surface area (Å²) in [7, 11) is 1.94. The third kappa shape index (κ3) is 1.06. The maximum absolute atomic E-state index is 6.13. The number of nitrogens with two attached hydrogens (primary N) is 1. The van der Waals surface area contributed by atoms with Crippen LogP contribution in [0, 0.1) is 0 Å². The summed E-state index contributed by atoms with van der Waals surface area (Å²) in [4.78, 5) is 0. The monoisotopic (exact) mass is 187 g/mol. The highest BCUT2D eigenvalue weighted by atomic mass is 15.2. The molecule has 3 nitrogen and oxygen atoms in total. The largest absolute Gasteiger partial charge is 0.321 e. The van der Waals surface area contributed by atoms with Crippen LogP contribution in [0.5, 0.6) is 0 Å². The highest BCUT2D eigenvalue weighted by Crippen LogP contribution is 2.43. The molecule has 0 bridgehead atoms. The minimum absolute atomic E-state index is 0.0499. The standard InChI is InChI=1S/C11H13N3/c1-14-7-8-2-3-9(6-10(8)13-14)11(12)4-5-11/h2-3,6-7H,4-5,12H2,1H3. The smallest absolute Gasteiger partial charge is 0.0926 e. The summed E-state index contributed by atoms with van der Waals surface area (Å²) in [5, 5.41) is 5.56. The summed E-state index contributed by atoms with van der Waals surface area (Å²) < 4.78 is 1.84. The first-order chi connectivity index (χ1) is 6.67. The summed E-state index contributed by atoms with van der Waals surface area (Å²) >= 11 is 0. The lowest BCUT2D eigenvalue weighted by molar-refractivity contribution is 0.740. The van der Waals surface area contributed by atoms with Crippen molar-refractivity contribution in [3.63, 3.8) is 0 Å². The van der Waals surface area contributed by atoms with Crippen molar-refractivity contribution in [3.8, 4) is 0 Å². The van der Waals surface area contributed by atoms with E-state index in [2.05, 4.69) is 23.3 Å². The minimum atomic E-state index is -0.0499. The molecule has 0 amide bonds. The summed E-state index contributed by atoms with van der Waals surface area (Å²) in [5.41, 5.74) is 8.35. The van der Waals surface area contributed by atoms with Gasteiger partial charge in [0, 0.05) is 24.2 Å². The van der Waals surface area contributed by atoms with Gasteiger partial charge in [0.2, 0.25) is 0 Å². The molecule has 0 saturated heterocycles. The van der Waals surface area contributed by atoms with Gasteiger partial charge in [-0.05, 0) is 24.5 Å². The quantitative estimate of drug-likeness (QED) is 0.735. The zero-order valence-electron chi connectivity index (χ0n) is 8.20. The van der Waals surface area contributed by atoms with Gasteiger partial charge in [0.15, 0.2) is 0 Å². The van der Waals surface area contributed by atoms with E-state index in [4.69, 9.17) is 5.73 Å². The summed E-state index contributed by atoms with van der Waals surface area (Å²) in [6.07, 6.45) is 4.23. The Hall–Kier alpha value is -1.35. The third-order valence-corrected chi connectivity index (χ3v) is 2.99. The molecule has 1 aliphatic carbocycles. The van der Waals surface area contributed by atoms with Crippen LogP contribution in [-0.2, 0) is 12.6 Å². The molecule has 2 N–H and O–H groups in total. The Labute approximate surface area is 82.5 Å². The molecule has 1 saturated carbocycles. The molecular formula is C11H13N3. The molecule has 0 aliphatic heterocycles. The Kier molecular flexibility index (Phi) is 1.35. The predicted octanol–water partition coefficient (Wildman–Crippen LogP) is 1.52. The second-order valence-corrected chi connectivity index (χ2v) is 4.23. The normalized spacial score (nSPS) is 18.7. The van der Waals surface area contributed by atoms with Crippen molar-refractivity contribution in [2.45, 2.75) is 18.4 Å². The van der Waals surface area contributed by atoms with Crippen molar-refractivity contribution in [1.82, 2.24) is 9.78 Å². The molecule has 0 unspecified atom stereocenters. The van der Waals surface area contributed by atoms with Gasteiger partial charge in [-0.3, -0.25) is 4.68 Å². The molecule has 0 radical (unpaired) electrons. The summed E-state index contributed by atoms with van der Waals surface area (Å²) in [6.45, 7) is 0. The van der Waals surface area contributed by atoms with Crippen LogP contribution in [-0.4, -0.2) is 9.78 Å². The summed E-state index contributed by atoms with van der Waals surface area (Å²) in [6, 6.07) is 6.34. The van der Waals surface area contributed by atoms with Gasteiger partial charge in [0.25, 0.3) is 0 Å². The number of fused-ring (bicyclic) bond motifs is 1. The Balaban J connectivity index is 2.19. The SMILES string of the molecule is Cn1cc2ccc(C3(N)CC3)cc2n1. The Bertz CT molecular complexity index is 494. The van der Waals surface area contributed by atoms with Gasteiger partial charge in [-0.15, -0.1) is 0 Å². The zero-order chi connectivity index (χ0) is 9.76. The van der Waals surface area contributed by atoms with Gasteiger partial charge in [0.1, 0.15) is 0 Å². The van der Waals surface area contributed by atoms with Crippen molar-refractivity contribution in [3.05, 3.63) is 30.0 Å². The van der Waals surface area contributed by atoms with Crippen molar-refractivity contribution in [2.75, 3.05) is 0 Å². The molecule has 1 aliphatic rings. The van der Waals surface area contributed by atoms with Gasteiger partial charge in [-0.2, -0.15) is 5.10 Å². The molecule has 2 aromatic rings. The van der Waals surface area contributed by atoms with E-state index in [0.29, 0.717) is 0 Å². The Morgan fingerprint density at radius 1 is 1.43 bits per heavy atom. The number of benzene rings is 1. The second kappa shape index (κ2) is 2.36. The lowest BCUT2D eigenvalue weighted by Gasteiger charge is -2.07. The molecule has 1 heterocycles. The molecule has 3 heteroatoms. The van der Waals surface area contributed by atoms with Crippen LogP contribution in [0.2, 0.25) is 0 Å². The maximum Gasteiger partial charge on any atom is 0.0926 e. The fourth-order valence-electron chi connectivity index (χ4n) is 1.87. The fraction of sp³-hybridized carbons (Fsp3) is 0.364. The Morgan fingerprint density at radius 2 is 2.21 bits per heavy atom. The zero-order valence-corrected chi connectivity index (χ0v) is 8.20.